The molecule has 0 spiro atoms. The maximum absolute atomic E-state index is 11.0. The molecule has 1 aromatic heterocycles. The molecule has 122 valence electrons. The van der Waals surface area contributed by atoms with Crippen LogP contribution in [0, 0.1) is 16.0 Å². The third-order valence-electron chi connectivity index (χ3n) is 4.80. The number of rotatable bonds is 5. The van der Waals surface area contributed by atoms with Gasteiger partial charge >= 0.3 is 5.69 Å². The number of non-ortho nitro benzene ring substituents is 1. The summed E-state index contributed by atoms with van der Waals surface area (Å²) >= 11 is 0. The molecule has 1 aliphatic carbocycles. The quantitative estimate of drug-likeness (QED) is 0.666. The van der Waals surface area contributed by atoms with Crippen molar-refractivity contribution >= 4 is 22.4 Å². The van der Waals surface area contributed by atoms with E-state index in [2.05, 4.69) is 20.5 Å². The average Bonchev–Trinajstić information content (AvgIpc) is 3.26. The summed E-state index contributed by atoms with van der Waals surface area (Å²) in [5.74, 6) is 0.892. The molecule has 8 heteroatoms. The number of piperidine rings is 1. The summed E-state index contributed by atoms with van der Waals surface area (Å²) in [6, 6.07) is 3.80. The monoisotopic (exact) mass is 317 g/mol. The van der Waals surface area contributed by atoms with Gasteiger partial charge < -0.3 is 10.2 Å². The van der Waals surface area contributed by atoms with Gasteiger partial charge in [0.05, 0.1) is 10.6 Å². The van der Waals surface area contributed by atoms with Crippen LogP contribution in [-0.2, 0) is 0 Å². The summed E-state index contributed by atoms with van der Waals surface area (Å²) in [6.45, 7) is 2.95. The van der Waals surface area contributed by atoms with E-state index >= 15 is 0 Å². The van der Waals surface area contributed by atoms with E-state index in [0.717, 1.165) is 44.1 Å². The first-order valence-corrected chi connectivity index (χ1v) is 8.10. The number of fused-ring (bicyclic) bond motifs is 1. The molecule has 2 heterocycles. The highest BCUT2D eigenvalue weighted by Gasteiger charge is 2.27. The Labute approximate surface area is 132 Å². The Morgan fingerprint density at radius 2 is 1.96 bits per heavy atom. The van der Waals surface area contributed by atoms with Crippen LogP contribution in [0.15, 0.2) is 16.8 Å². The van der Waals surface area contributed by atoms with Gasteiger partial charge in [0.25, 0.3) is 0 Å². The molecule has 1 N–H and O–H groups in total. The molecule has 4 rings (SSSR count). The van der Waals surface area contributed by atoms with Crippen LogP contribution < -0.4 is 10.2 Å². The number of anilines is 1. The van der Waals surface area contributed by atoms with Gasteiger partial charge in [0.1, 0.15) is 0 Å². The van der Waals surface area contributed by atoms with Crippen molar-refractivity contribution in [3.63, 3.8) is 0 Å². The van der Waals surface area contributed by atoms with Crippen molar-refractivity contribution in [2.24, 2.45) is 5.92 Å². The Morgan fingerprint density at radius 1 is 1.22 bits per heavy atom. The second-order valence-corrected chi connectivity index (χ2v) is 6.44. The van der Waals surface area contributed by atoms with Gasteiger partial charge in [-0.25, -0.2) is 4.63 Å². The minimum atomic E-state index is -0.454. The molecule has 8 nitrogen and oxygen atoms in total. The minimum Gasteiger partial charge on any atom is -0.369 e. The van der Waals surface area contributed by atoms with E-state index in [0.29, 0.717) is 11.6 Å². The maximum atomic E-state index is 11.0. The smallest absolute Gasteiger partial charge is 0.300 e. The van der Waals surface area contributed by atoms with E-state index < -0.39 is 4.92 Å². The summed E-state index contributed by atoms with van der Waals surface area (Å²) in [5, 5.41) is 22.3. The molecular weight excluding hydrogens is 298 g/mol. The molecule has 2 aromatic rings. The summed E-state index contributed by atoms with van der Waals surface area (Å²) in [6.07, 6.45) is 4.87. The molecule has 0 amide bonds. The molecule has 0 radical (unpaired) electrons. The molecule has 1 saturated heterocycles. The van der Waals surface area contributed by atoms with Crippen LogP contribution in [0.3, 0.4) is 0 Å². The summed E-state index contributed by atoms with van der Waals surface area (Å²) in [4.78, 5) is 12.8. The number of hydrogen-bond acceptors (Lipinski definition) is 7. The molecule has 2 fully saturated rings. The third kappa shape index (κ3) is 2.86. The first-order valence-electron chi connectivity index (χ1n) is 8.10. The van der Waals surface area contributed by atoms with Gasteiger partial charge in [-0.15, -0.1) is 0 Å². The topological polar surface area (TPSA) is 97.3 Å². The Hall–Kier alpha value is -2.22. The van der Waals surface area contributed by atoms with Crippen molar-refractivity contribution in [1.29, 1.82) is 0 Å². The van der Waals surface area contributed by atoms with Crippen LogP contribution in [0.25, 0.3) is 11.0 Å². The third-order valence-corrected chi connectivity index (χ3v) is 4.80. The molecule has 0 atom stereocenters. The summed E-state index contributed by atoms with van der Waals surface area (Å²) in [7, 11) is 0. The highest BCUT2D eigenvalue weighted by Crippen LogP contribution is 2.33. The predicted molar refractivity (Wildman–Crippen MR) is 84.4 cm³/mol. The molecule has 1 aromatic carbocycles. The highest BCUT2D eigenvalue weighted by molar-refractivity contribution is 5.93. The van der Waals surface area contributed by atoms with Crippen molar-refractivity contribution in [3.05, 3.63) is 22.2 Å². The van der Waals surface area contributed by atoms with E-state index in [1.807, 2.05) is 0 Å². The number of benzene rings is 1. The fourth-order valence-electron chi connectivity index (χ4n) is 3.22. The van der Waals surface area contributed by atoms with Crippen molar-refractivity contribution in [2.45, 2.75) is 31.7 Å². The lowest BCUT2D eigenvalue weighted by Crippen LogP contribution is -2.43. The molecule has 1 aliphatic heterocycles. The van der Waals surface area contributed by atoms with Crippen molar-refractivity contribution in [1.82, 2.24) is 15.6 Å². The lowest BCUT2D eigenvalue weighted by molar-refractivity contribution is -0.383. The van der Waals surface area contributed by atoms with Crippen molar-refractivity contribution in [3.8, 4) is 0 Å². The second-order valence-electron chi connectivity index (χ2n) is 6.44. The minimum absolute atomic E-state index is 0.0639. The number of nitro groups is 1. The fraction of sp³-hybridized carbons (Fsp3) is 0.600. The van der Waals surface area contributed by atoms with Crippen LogP contribution in [0.4, 0.5) is 11.4 Å². The number of aromatic nitrogens is 2. The van der Waals surface area contributed by atoms with E-state index in [-0.39, 0.29) is 11.2 Å². The molecule has 0 unspecified atom stereocenters. The summed E-state index contributed by atoms with van der Waals surface area (Å²) < 4.78 is 4.74. The highest BCUT2D eigenvalue weighted by atomic mass is 16.6. The zero-order valence-electron chi connectivity index (χ0n) is 12.8. The summed E-state index contributed by atoms with van der Waals surface area (Å²) in [5.41, 5.74) is 1.50. The molecular formula is C15H19N5O3. The Balaban J connectivity index is 1.48. The van der Waals surface area contributed by atoms with Crippen LogP contribution in [0.1, 0.15) is 25.7 Å². The second kappa shape index (κ2) is 5.77. The van der Waals surface area contributed by atoms with Crippen LogP contribution in [0.2, 0.25) is 0 Å². The van der Waals surface area contributed by atoms with E-state index in [1.165, 1.54) is 18.9 Å². The van der Waals surface area contributed by atoms with E-state index in [4.69, 9.17) is 4.63 Å². The van der Waals surface area contributed by atoms with Gasteiger partial charge in [0.15, 0.2) is 5.52 Å². The van der Waals surface area contributed by atoms with Gasteiger partial charge in [-0.1, -0.05) is 0 Å². The van der Waals surface area contributed by atoms with Gasteiger partial charge in [0, 0.05) is 25.2 Å². The Kier molecular flexibility index (Phi) is 3.60. The van der Waals surface area contributed by atoms with Gasteiger partial charge in [-0.2, -0.15) is 0 Å². The molecule has 0 bridgehead atoms. The van der Waals surface area contributed by atoms with Crippen molar-refractivity contribution < 1.29 is 9.55 Å². The Morgan fingerprint density at radius 3 is 2.65 bits per heavy atom. The zero-order valence-corrected chi connectivity index (χ0v) is 12.8. The van der Waals surface area contributed by atoms with Crippen molar-refractivity contribution in [2.75, 3.05) is 24.5 Å². The number of nitrogens with zero attached hydrogens (tertiary/aromatic N) is 4. The number of hydrogen-bond donors (Lipinski definition) is 1. The first kappa shape index (κ1) is 14.4. The SMILES string of the molecule is O=[N+]([O-])c1ccc(N2CCC(NCC3CC3)CC2)c2nonc12. The predicted octanol–water partition coefficient (Wildman–Crippen LogP) is 2.10. The zero-order chi connectivity index (χ0) is 15.8. The van der Waals surface area contributed by atoms with E-state index in [1.54, 1.807) is 6.07 Å². The molecule has 23 heavy (non-hydrogen) atoms. The van der Waals surface area contributed by atoms with Crippen LogP contribution >= 0.6 is 0 Å². The Bertz CT molecular complexity index is 719. The lowest BCUT2D eigenvalue weighted by Gasteiger charge is -2.34. The average molecular weight is 317 g/mol. The van der Waals surface area contributed by atoms with Gasteiger partial charge in [-0.05, 0) is 54.5 Å². The number of nitrogens with one attached hydrogen (secondary N) is 1. The fourth-order valence-corrected chi connectivity index (χ4v) is 3.22. The standard InChI is InChI=1S/C15H19N5O3/c21-20(22)13-4-3-12(14-15(13)18-23-17-14)19-7-5-11(6-8-19)16-9-10-1-2-10/h3-4,10-11,16H,1-2,5-9H2. The molecule has 2 aliphatic rings. The lowest BCUT2D eigenvalue weighted by atomic mass is 10.0. The van der Waals surface area contributed by atoms with Gasteiger partial charge in [0.2, 0.25) is 5.52 Å². The van der Waals surface area contributed by atoms with Crippen LogP contribution in [-0.4, -0.2) is 40.9 Å². The largest absolute Gasteiger partial charge is 0.369 e. The van der Waals surface area contributed by atoms with Gasteiger partial charge in [-0.3, -0.25) is 10.1 Å². The van der Waals surface area contributed by atoms with E-state index in [9.17, 15) is 10.1 Å². The first-order chi connectivity index (χ1) is 11.2. The van der Waals surface area contributed by atoms with Crippen LogP contribution in [0.5, 0.6) is 0 Å². The number of nitro benzene ring substituents is 1. The molecule has 1 saturated carbocycles. The maximum Gasteiger partial charge on any atom is 0.300 e. The normalized spacial score (nSPS) is 19.4.